The molecule has 0 saturated heterocycles. The van der Waals surface area contributed by atoms with Gasteiger partial charge in [0.05, 0.1) is 4.90 Å². The number of fused-ring (bicyclic) bond motifs is 1. The van der Waals surface area contributed by atoms with Crippen molar-refractivity contribution in [2.24, 2.45) is 13.0 Å². The second-order valence-corrected chi connectivity index (χ2v) is 10.3. The summed E-state index contributed by atoms with van der Waals surface area (Å²) in [6.07, 6.45) is 5.76. The molecule has 7 heteroatoms. The molecule has 1 aliphatic rings. The second-order valence-electron chi connectivity index (χ2n) is 8.52. The molecule has 1 fully saturated rings. The van der Waals surface area contributed by atoms with E-state index in [-0.39, 0.29) is 16.0 Å². The van der Waals surface area contributed by atoms with Gasteiger partial charge in [0.25, 0.3) is 15.6 Å². The Hall–Kier alpha value is -3.32. The summed E-state index contributed by atoms with van der Waals surface area (Å²) in [4.78, 5) is 13.2. The van der Waals surface area contributed by atoms with Crippen molar-refractivity contribution < 1.29 is 8.42 Å². The van der Waals surface area contributed by atoms with Crippen LogP contribution in [-0.4, -0.2) is 23.5 Å². The van der Waals surface area contributed by atoms with Crippen molar-refractivity contribution in [3.63, 3.8) is 0 Å². The monoisotopic (exact) mass is 447 g/mol. The third kappa shape index (κ3) is 3.52. The first kappa shape index (κ1) is 20.6. The molecule has 0 bridgehead atoms. The van der Waals surface area contributed by atoms with E-state index in [2.05, 4.69) is 5.32 Å². The highest BCUT2D eigenvalue weighted by Crippen LogP contribution is 2.35. The number of nitrogens with one attached hydrogen (secondary N) is 1. The molecule has 164 valence electrons. The van der Waals surface area contributed by atoms with Gasteiger partial charge in [0, 0.05) is 48.2 Å². The predicted molar refractivity (Wildman–Crippen MR) is 128 cm³/mol. The van der Waals surface area contributed by atoms with E-state index >= 15 is 0 Å². The lowest BCUT2D eigenvalue weighted by molar-refractivity contribution is 0.589. The lowest BCUT2D eigenvalue weighted by Gasteiger charge is -2.15. The van der Waals surface area contributed by atoms with Crippen molar-refractivity contribution in [3.05, 3.63) is 82.9 Å². The number of aryl methyl sites for hydroxylation is 2. The van der Waals surface area contributed by atoms with E-state index in [4.69, 9.17) is 0 Å². The lowest BCUT2D eigenvalue weighted by atomic mass is 10.0. The normalized spacial score (nSPS) is 14.1. The van der Waals surface area contributed by atoms with Crippen LogP contribution in [0.15, 0.2) is 76.7 Å². The molecule has 5 rings (SSSR count). The van der Waals surface area contributed by atoms with E-state index in [0.29, 0.717) is 11.3 Å². The highest BCUT2D eigenvalue weighted by atomic mass is 32.2. The smallest absolute Gasteiger partial charge is 0.275 e. The Balaban J connectivity index is 1.70. The maximum absolute atomic E-state index is 13.4. The zero-order valence-corrected chi connectivity index (χ0v) is 18.9. The number of nitrogens with zero attached hydrogens (tertiary/aromatic N) is 2. The van der Waals surface area contributed by atoms with E-state index in [1.165, 1.54) is 23.6 Å². The van der Waals surface area contributed by atoms with Crippen LogP contribution in [-0.2, 0) is 17.1 Å². The third-order valence-corrected chi connectivity index (χ3v) is 7.75. The van der Waals surface area contributed by atoms with Crippen LogP contribution in [0.3, 0.4) is 0 Å². The van der Waals surface area contributed by atoms with E-state index in [9.17, 15) is 13.2 Å². The summed E-state index contributed by atoms with van der Waals surface area (Å²) < 4.78 is 29.3. The molecule has 1 saturated carbocycles. The van der Waals surface area contributed by atoms with Crippen molar-refractivity contribution >= 4 is 26.6 Å². The van der Waals surface area contributed by atoms with Gasteiger partial charge in [-0.15, -0.1) is 0 Å². The number of benzene rings is 2. The molecule has 4 aromatic rings. The highest BCUT2D eigenvalue weighted by Gasteiger charge is 2.24. The van der Waals surface area contributed by atoms with E-state index in [0.717, 1.165) is 32.9 Å². The molecular formula is C25H25N3O3S. The molecule has 1 aliphatic carbocycles. The summed E-state index contributed by atoms with van der Waals surface area (Å²) >= 11 is 0. The largest absolute Gasteiger partial charge is 0.384 e. The first-order valence-corrected chi connectivity index (χ1v) is 12.2. The number of anilines is 1. The van der Waals surface area contributed by atoms with Crippen molar-refractivity contribution in [1.29, 1.82) is 0 Å². The quantitative estimate of drug-likeness (QED) is 0.476. The molecule has 1 N–H and O–H groups in total. The van der Waals surface area contributed by atoms with Crippen LogP contribution in [0.2, 0.25) is 0 Å². The topological polar surface area (TPSA) is 73.1 Å². The molecule has 0 aliphatic heterocycles. The number of rotatable bonds is 6. The van der Waals surface area contributed by atoms with Crippen molar-refractivity contribution in [2.75, 3.05) is 11.9 Å². The maximum Gasteiger partial charge on any atom is 0.275 e. The zero-order valence-electron chi connectivity index (χ0n) is 18.1. The van der Waals surface area contributed by atoms with E-state index in [1.807, 2.05) is 31.2 Å². The minimum Gasteiger partial charge on any atom is -0.384 e. The van der Waals surface area contributed by atoms with Crippen molar-refractivity contribution in [1.82, 2.24) is 8.54 Å². The minimum absolute atomic E-state index is 0.152. The van der Waals surface area contributed by atoms with Crippen molar-refractivity contribution in [3.8, 4) is 11.1 Å². The number of hydrogen-bond acceptors (Lipinski definition) is 4. The summed E-state index contributed by atoms with van der Waals surface area (Å²) in [7, 11) is -2.26. The zero-order chi connectivity index (χ0) is 22.5. The molecule has 0 amide bonds. The SMILES string of the molecule is Cc1ccc(S(=O)(=O)n2ccc3c(-c4ccccc4NCC4CC4)cn(C)c(=O)c32)cc1. The van der Waals surface area contributed by atoms with Gasteiger partial charge < -0.3 is 9.88 Å². The Morgan fingerprint density at radius 3 is 2.44 bits per heavy atom. The summed E-state index contributed by atoms with van der Waals surface area (Å²) in [5, 5.41) is 4.14. The van der Waals surface area contributed by atoms with Gasteiger partial charge >= 0.3 is 0 Å². The van der Waals surface area contributed by atoms with Crippen LogP contribution in [0.1, 0.15) is 18.4 Å². The molecule has 0 radical (unpaired) electrons. The number of aromatic nitrogens is 2. The molecule has 0 atom stereocenters. The Morgan fingerprint density at radius 2 is 1.72 bits per heavy atom. The van der Waals surface area contributed by atoms with Crippen molar-refractivity contribution in [2.45, 2.75) is 24.7 Å². The molecular weight excluding hydrogens is 422 g/mol. The second kappa shape index (κ2) is 7.67. The molecule has 2 aromatic heterocycles. The standard InChI is InChI=1S/C25H25N3O3S/c1-17-7-11-19(12-8-17)32(30,31)28-14-13-21-22(16-27(2)25(29)24(21)28)20-5-3-4-6-23(20)26-15-18-9-10-18/h3-8,11-14,16,18,26H,9-10,15H2,1-2H3. The van der Waals surface area contributed by atoms with Gasteiger partial charge in [-0.3, -0.25) is 4.79 Å². The molecule has 0 unspecified atom stereocenters. The van der Waals surface area contributed by atoms with Gasteiger partial charge in [-0.2, -0.15) is 0 Å². The molecule has 6 nitrogen and oxygen atoms in total. The molecule has 32 heavy (non-hydrogen) atoms. The summed E-state index contributed by atoms with van der Waals surface area (Å²) in [5.41, 5.74) is 3.51. The van der Waals surface area contributed by atoms with E-state index in [1.54, 1.807) is 43.6 Å². The first-order chi connectivity index (χ1) is 15.4. The van der Waals surface area contributed by atoms with Crippen LogP contribution in [0, 0.1) is 12.8 Å². The highest BCUT2D eigenvalue weighted by molar-refractivity contribution is 7.90. The predicted octanol–water partition coefficient (Wildman–Crippen LogP) is 4.37. The molecule has 2 heterocycles. The Labute approximate surface area is 187 Å². The average molecular weight is 448 g/mol. The maximum atomic E-state index is 13.4. The summed E-state index contributed by atoms with van der Waals surface area (Å²) in [6.45, 7) is 2.81. The van der Waals surface area contributed by atoms with Gasteiger partial charge in [-0.05, 0) is 49.9 Å². The van der Waals surface area contributed by atoms with Gasteiger partial charge in [-0.25, -0.2) is 12.4 Å². The lowest BCUT2D eigenvalue weighted by Crippen LogP contribution is -2.22. The minimum atomic E-state index is -3.91. The molecule has 2 aromatic carbocycles. The summed E-state index contributed by atoms with van der Waals surface area (Å²) in [5.74, 6) is 0.712. The van der Waals surface area contributed by atoms with Gasteiger partial charge in [-0.1, -0.05) is 35.9 Å². The Kier molecular flexibility index (Phi) is 4.93. The van der Waals surface area contributed by atoms with Crippen LogP contribution in [0.25, 0.3) is 22.0 Å². The van der Waals surface area contributed by atoms with Crippen LogP contribution in [0.4, 0.5) is 5.69 Å². The Morgan fingerprint density at radius 1 is 1.00 bits per heavy atom. The summed E-state index contributed by atoms with van der Waals surface area (Å²) in [6, 6.07) is 16.3. The fourth-order valence-corrected chi connectivity index (χ4v) is 5.36. The fraction of sp³-hybridized carbons (Fsp3) is 0.240. The van der Waals surface area contributed by atoms with E-state index < -0.39 is 10.0 Å². The van der Waals surface area contributed by atoms with Gasteiger partial charge in [0.1, 0.15) is 5.52 Å². The Bertz CT molecular complexity index is 1480. The van der Waals surface area contributed by atoms with Crippen LogP contribution < -0.4 is 10.9 Å². The number of para-hydroxylation sites is 1. The van der Waals surface area contributed by atoms with Crippen LogP contribution in [0.5, 0.6) is 0 Å². The van der Waals surface area contributed by atoms with Gasteiger partial charge in [0.15, 0.2) is 0 Å². The number of pyridine rings is 1. The fourth-order valence-electron chi connectivity index (χ4n) is 4.02. The average Bonchev–Trinajstić information content (AvgIpc) is 3.50. The molecule has 0 spiro atoms. The van der Waals surface area contributed by atoms with Crippen LogP contribution >= 0.6 is 0 Å². The third-order valence-electron chi connectivity index (χ3n) is 6.06. The first-order valence-electron chi connectivity index (χ1n) is 10.7. The number of hydrogen-bond donors (Lipinski definition) is 1. The van der Waals surface area contributed by atoms with Gasteiger partial charge in [0.2, 0.25) is 0 Å².